The molecular formula is C11H14ClNO2S. The molecule has 1 amide bonds. The van der Waals surface area contributed by atoms with E-state index in [4.69, 9.17) is 16.3 Å². The van der Waals surface area contributed by atoms with Gasteiger partial charge in [-0.1, -0.05) is 17.7 Å². The van der Waals surface area contributed by atoms with Crippen molar-refractivity contribution in [2.45, 2.75) is 6.54 Å². The normalized spacial score (nSPS) is 10.0. The zero-order chi connectivity index (χ0) is 12.1. The number of benzene rings is 1. The predicted molar refractivity (Wildman–Crippen MR) is 68.3 cm³/mol. The molecule has 0 radical (unpaired) electrons. The van der Waals surface area contributed by atoms with Gasteiger partial charge >= 0.3 is 0 Å². The highest BCUT2D eigenvalue weighted by Crippen LogP contribution is 2.23. The summed E-state index contributed by atoms with van der Waals surface area (Å²) >= 11 is 10.00. The number of hydrogen-bond donors (Lipinski definition) is 1. The fraction of sp³-hybridized carbons (Fsp3) is 0.364. The van der Waals surface area contributed by atoms with E-state index in [0.29, 0.717) is 17.3 Å². The zero-order valence-electron chi connectivity index (χ0n) is 9.24. The van der Waals surface area contributed by atoms with E-state index in [0.717, 1.165) is 5.56 Å². The summed E-state index contributed by atoms with van der Waals surface area (Å²) in [6.07, 6.45) is 0. The van der Waals surface area contributed by atoms with E-state index >= 15 is 0 Å². The van der Waals surface area contributed by atoms with E-state index in [1.54, 1.807) is 25.1 Å². The zero-order valence-corrected chi connectivity index (χ0v) is 10.9. The average molecular weight is 260 g/mol. The monoisotopic (exact) mass is 259 g/mol. The van der Waals surface area contributed by atoms with Gasteiger partial charge in [0.25, 0.3) is 0 Å². The van der Waals surface area contributed by atoms with E-state index in [9.17, 15) is 4.79 Å². The van der Waals surface area contributed by atoms with Crippen LogP contribution in [0.15, 0.2) is 18.2 Å². The van der Waals surface area contributed by atoms with Gasteiger partial charge < -0.3 is 9.64 Å². The van der Waals surface area contributed by atoms with Crippen LogP contribution in [-0.2, 0) is 11.3 Å². The Bertz CT molecular complexity index is 384. The summed E-state index contributed by atoms with van der Waals surface area (Å²) in [7, 11) is 3.31. The number of amides is 1. The van der Waals surface area contributed by atoms with E-state index in [1.807, 2.05) is 12.1 Å². The van der Waals surface area contributed by atoms with E-state index < -0.39 is 0 Å². The molecule has 0 bridgehead atoms. The van der Waals surface area contributed by atoms with Crippen molar-refractivity contribution in [2.24, 2.45) is 0 Å². The summed E-state index contributed by atoms with van der Waals surface area (Å²) in [5, 5.41) is 0.596. The van der Waals surface area contributed by atoms with Crippen molar-refractivity contribution in [3.63, 3.8) is 0 Å². The molecule has 0 aliphatic rings. The number of carbonyl (C=O) groups excluding carboxylic acids is 1. The first-order valence-electron chi connectivity index (χ1n) is 4.75. The van der Waals surface area contributed by atoms with Gasteiger partial charge in [0.15, 0.2) is 0 Å². The Labute approximate surface area is 106 Å². The summed E-state index contributed by atoms with van der Waals surface area (Å²) in [5.74, 6) is 0.872. The molecule has 16 heavy (non-hydrogen) atoms. The molecule has 0 unspecified atom stereocenters. The highest BCUT2D eigenvalue weighted by molar-refractivity contribution is 7.81. The molecule has 0 aliphatic heterocycles. The minimum absolute atomic E-state index is 0.0322. The second kappa shape index (κ2) is 6.01. The van der Waals surface area contributed by atoms with Crippen LogP contribution in [0, 0.1) is 0 Å². The van der Waals surface area contributed by atoms with Crippen LogP contribution in [0.1, 0.15) is 5.56 Å². The quantitative estimate of drug-likeness (QED) is 0.841. The summed E-state index contributed by atoms with van der Waals surface area (Å²) in [4.78, 5) is 12.9. The van der Waals surface area contributed by atoms with Crippen molar-refractivity contribution in [3.05, 3.63) is 28.8 Å². The van der Waals surface area contributed by atoms with Crippen LogP contribution in [0.5, 0.6) is 5.75 Å². The lowest BCUT2D eigenvalue weighted by Gasteiger charge is -2.17. The first-order chi connectivity index (χ1) is 7.58. The van der Waals surface area contributed by atoms with E-state index in [2.05, 4.69) is 12.6 Å². The largest absolute Gasteiger partial charge is 0.497 e. The van der Waals surface area contributed by atoms with Crippen molar-refractivity contribution in [3.8, 4) is 5.75 Å². The lowest BCUT2D eigenvalue weighted by Crippen LogP contribution is -2.27. The maximum Gasteiger partial charge on any atom is 0.232 e. The molecule has 1 aromatic carbocycles. The van der Waals surface area contributed by atoms with Crippen LogP contribution in [0.25, 0.3) is 0 Å². The van der Waals surface area contributed by atoms with Gasteiger partial charge in [-0.3, -0.25) is 4.79 Å². The first kappa shape index (κ1) is 13.2. The van der Waals surface area contributed by atoms with Gasteiger partial charge in [-0.25, -0.2) is 0 Å². The van der Waals surface area contributed by atoms with Crippen LogP contribution < -0.4 is 4.74 Å². The van der Waals surface area contributed by atoms with E-state index in [-0.39, 0.29) is 11.7 Å². The van der Waals surface area contributed by atoms with Crippen molar-refractivity contribution in [1.82, 2.24) is 4.90 Å². The van der Waals surface area contributed by atoms with Crippen molar-refractivity contribution in [2.75, 3.05) is 19.9 Å². The predicted octanol–water partition coefficient (Wildman–Crippen LogP) is 2.24. The van der Waals surface area contributed by atoms with Gasteiger partial charge in [-0.2, -0.15) is 12.6 Å². The van der Waals surface area contributed by atoms with Crippen molar-refractivity contribution < 1.29 is 9.53 Å². The molecule has 0 N–H and O–H groups in total. The highest BCUT2D eigenvalue weighted by Gasteiger charge is 2.09. The Balaban J connectivity index is 2.78. The number of rotatable bonds is 4. The minimum atomic E-state index is -0.0322. The first-order valence-corrected chi connectivity index (χ1v) is 5.76. The highest BCUT2D eigenvalue weighted by atomic mass is 35.5. The summed E-state index contributed by atoms with van der Waals surface area (Å²) in [6, 6.07) is 5.40. The number of thiol groups is 1. The minimum Gasteiger partial charge on any atom is -0.497 e. The summed E-state index contributed by atoms with van der Waals surface area (Å²) in [5.41, 5.74) is 0.889. The molecule has 0 fully saturated rings. The van der Waals surface area contributed by atoms with Gasteiger partial charge in [0.1, 0.15) is 5.75 Å². The SMILES string of the molecule is COc1ccc(CN(C)C(=O)CS)c(Cl)c1. The van der Waals surface area contributed by atoms with Crippen molar-refractivity contribution in [1.29, 1.82) is 0 Å². The number of halogens is 1. The molecule has 1 rings (SSSR count). The average Bonchev–Trinajstić information content (AvgIpc) is 2.30. The third-order valence-corrected chi connectivity index (χ3v) is 2.85. The molecule has 88 valence electrons. The molecule has 0 saturated heterocycles. The molecule has 0 aliphatic carbocycles. The Morgan fingerprint density at radius 2 is 2.25 bits per heavy atom. The number of nitrogens with zero attached hydrogens (tertiary/aromatic N) is 1. The Hall–Kier alpha value is -0.870. The molecule has 0 saturated carbocycles. The van der Waals surface area contributed by atoms with E-state index in [1.165, 1.54) is 0 Å². The standard InChI is InChI=1S/C11H14ClNO2S/c1-13(11(14)7-16)6-8-3-4-9(15-2)5-10(8)12/h3-5,16H,6-7H2,1-2H3. The Morgan fingerprint density at radius 3 is 2.75 bits per heavy atom. The smallest absolute Gasteiger partial charge is 0.232 e. The van der Waals surface area contributed by atoms with Crippen LogP contribution in [0.3, 0.4) is 0 Å². The number of hydrogen-bond acceptors (Lipinski definition) is 3. The topological polar surface area (TPSA) is 29.5 Å². The Morgan fingerprint density at radius 1 is 1.56 bits per heavy atom. The van der Waals surface area contributed by atoms with Crippen LogP contribution in [-0.4, -0.2) is 30.7 Å². The third kappa shape index (κ3) is 3.32. The van der Waals surface area contributed by atoms with Gasteiger partial charge in [0.05, 0.1) is 12.9 Å². The van der Waals surface area contributed by atoms with Crippen LogP contribution in [0.2, 0.25) is 5.02 Å². The third-order valence-electron chi connectivity index (χ3n) is 2.23. The van der Waals surface area contributed by atoms with Crippen molar-refractivity contribution >= 4 is 30.1 Å². The number of ether oxygens (including phenoxy) is 1. The fourth-order valence-electron chi connectivity index (χ4n) is 1.25. The molecule has 0 atom stereocenters. The molecule has 0 heterocycles. The molecule has 3 nitrogen and oxygen atoms in total. The number of carbonyl (C=O) groups is 1. The molecule has 1 aromatic rings. The lowest BCUT2D eigenvalue weighted by molar-refractivity contribution is -0.127. The fourth-order valence-corrected chi connectivity index (χ4v) is 1.72. The Kier molecular flexibility index (Phi) is 4.96. The molecule has 5 heteroatoms. The van der Waals surface area contributed by atoms with Crippen LogP contribution >= 0.6 is 24.2 Å². The second-order valence-electron chi connectivity index (χ2n) is 3.37. The molecule has 0 aromatic heterocycles. The van der Waals surface area contributed by atoms with Gasteiger partial charge in [-0.05, 0) is 17.7 Å². The maximum atomic E-state index is 11.3. The van der Waals surface area contributed by atoms with Crippen LogP contribution in [0.4, 0.5) is 0 Å². The van der Waals surface area contributed by atoms with Gasteiger partial charge in [0, 0.05) is 18.6 Å². The molecular weight excluding hydrogens is 246 g/mol. The summed E-state index contributed by atoms with van der Waals surface area (Å²) in [6.45, 7) is 0.474. The van der Waals surface area contributed by atoms with Gasteiger partial charge in [-0.15, -0.1) is 0 Å². The number of methoxy groups -OCH3 is 1. The second-order valence-corrected chi connectivity index (χ2v) is 4.09. The lowest BCUT2D eigenvalue weighted by atomic mass is 10.2. The summed E-state index contributed by atoms with van der Waals surface area (Å²) < 4.78 is 5.05. The van der Waals surface area contributed by atoms with Gasteiger partial charge in [0.2, 0.25) is 5.91 Å². The molecule has 0 spiro atoms. The maximum absolute atomic E-state index is 11.3.